The lowest BCUT2D eigenvalue weighted by atomic mass is 10.1. The van der Waals surface area contributed by atoms with Crippen LogP contribution < -0.4 is 10.7 Å². The Kier molecular flexibility index (Phi) is 6.39. The van der Waals surface area contributed by atoms with Crippen LogP contribution in [-0.2, 0) is 9.59 Å². The van der Waals surface area contributed by atoms with Crippen molar-refractivity contribution in [2.75, 3.05) is 5.32 Å². The number of hydrogen-bond acceptors (Lipinski definition) is 4. The molecule has 2 N–H and O–H groups in total. The molecule has 1 heterocycles. The predicted molar refractivity (Wildman–Crippen MR) is 98.5 cm³/mol. The first-order valence-electron chi connectivity index (χ1n) is 8.07. The summed E-state index contributed by atoms with van der Waals surface area (Å²) in [6.07, 6.45) is 1.63. The number of carbonyl (C=O) groups excluding carboxylic acids is 2. The third kappa shape index (κ3) is 6.18. The lowest BCUT2D eigenvalue weighted by Gasteiger charge is -2.08. The number of amides is 2. The number of anilines is 1. The van der Waals surface area contributed by atoms with E-state index in [1.54, 1.807) is 6.07 Å². The predicted octanol–water partition coefficient (Wildman–Crippen LogP) is 2.88. The summed E-state index contributed by atoms with van der Waals surface area (Å²) in [7, 11) is 0. The van der Waals surface area contributed by atoms with Crippen molar-refractivity contribution in [2.45, 2.75) is 33.6 Å². The lowest BCUT2D eigenvalue weighted by molar-refractivity contribution is -0.124. The highest BCUT2D eigenvalue weighted by molar-refractivity contribution is 5.94. The van der Waals surface area contributed by atoms with Crippen molar-refractivity contribution in [1.82, 2.24) is 10.4 Å². The summed E-state index contributed by atoms with van der Waals surface area (Å²) in [5, 5.41) is 6.66. The molecular weight excluding hydrogens is 316 g/mol. The number of benzene rings is 1. The summed E-state index contributed by atoms with van der Waals surface area (Å²) in [6, 6.07) is 11.3. The van der Waals surface area contributed by atoms with Gasteiger partial charge in [0.2, 0.25) is 11.8 Å². The average molecular weight is 338 g/mol. The number of hydrazone groups is 1. The van der Waals surface area contributed by atoms with Gasteiger partial charge in [-0.25, -0.2) is 5.43 Å². The minimum Gasteiger partial charge on any atom is -0.326 e. The molecule has 0 unspecified atom stereocenters. The minimum atomic E-state index is -0.320. The lowest BCUT2D eigenvalue weighted by Crippen LogP contribution is -2.21. The van der Waals surface area contributed by atoms with E-state index in [1.165, 1.54) is 6.21 Å². The van der Waals surface area contributed by atoms with Crippen LogP contribution in [-0.4, -0.2) is 23.0 Å². The SMILES string of the molecule is Cc1ccc(NC(=O)CCC(=O)NN=Cc2cccc(C)n2)c(C)c1. The number of carbonyl (C=O) groups is 2. The summed E-state index contributed by atoms with van der Waals surface area (Å²) in [6.45, 7) is 5.81. The van der Waals surface area contributed by atoms with Crippen LogP contribution in [0.3, 0.4) is 0 Å². The van der Waals surface area contributed by atoms with E-state index >= 15 is 0 Å². The van der Waals surface area contributed by atoms with E-state index in [9.17, 15) is 9.59 Å². The summed E-state index contributed by atoms with van der Waals surface area (Å²) < 4.78 is 0. The standard InChI is InChI=1S/C19H22N4O2/c1-13-7-8-17(14(2)11-13)22-18(24)9-10-19(25)23-20-12-16-6-4-5-15(3)21-16/h4-8,11-12H,9-10H2,1-3H3,(H,22,24)(H,23,25). The number of nitrogens with zero attached hydrogens (tertiary/aromatic N) is 2. The largest absolute Gasteiger partial charge is 0.326 e. The van der Waals surface area contributed by atoms with Crippen molar-refractivity contribution in [3.63, 3.8) is 0 Å². The van der Waals surface area contributed by atoms with Crippen LogP contribution in [0.25, 0.3) is 0 Å². The molecule has 0 aliphatic heterocycles. The second-order valence-corrected chi connectivity index (χ2v) is 5.86. The molecule has 0 saturated heterocycles. The smallest absolute Gasteiger partial charge is 0.240 e. The van der Waals surface area contributed by atoms with E-state index in [2.05, 4.69) is 20.8 Å². The molecule has 25 heavy (non-hydrogen) atoms. The molecule has 0 saturated carbocycles. The highest BCUT2D eigenvalue weighted by Crippen LogP contribution is 2.16. The number of aromatic nitrogens is 1. The fourth-order valence-corrected chi connectivity index (χ4v) is 2.26. The van der Waals surface area contributed by atoms with Gasteiger partial charge in [0.1, 0.15) is 0 Å². The molecule has 0 spiro atoms. The van der Waals surface area contributed by atoms with E-state index in [-0.39, 0.29) is 24.7 Å². The molecule has 130 valence electrons. The van der Waals surface area contributed by atoms with Crippen molar-refractivity contribution < 1.29 is 9.59 Å². The molecule has 0 aliphatic rings. The molecule has 6 heteroatoms. The molecule has 6 nitrogen and oxygen atoms in total. The zero-order valence-corrected chi connectivity index (χ0v) is 14.7. The van der Waals surface area contributed by atoms with Gasteiger partial charge in [0.25, 0.3) is 0 Å². The second-order valence-electron chi connectivity index (χ2n) is 5.86. The van der Waals surface area contributed by atoms with Gasteiger partial charge in [-0.15, -0.1) is 0 Å². The molecule has 2 amide bonds. The maximum absolute atomic E-state index is 11.9. The van der Waals surface area contributed by atoms with E-state index in [1.807, 2.05) is 51.1 Å². The van der Waals surface area contributed by atoms with Gasteiger partial charge in [-0.2, -0.15) is 5.10 Å². The second kappa shape index (κ2) is 8.73. The van der Waals surface area contributed by atoms with Crippen molar-refractivity contribution >= 4 is 23.7 Å². The third-order valence-corrected chi connectivity index (χ3v) is 3.53. The molecule has 1 aromatic carbocycles. The monoisotopic (exact) mass is 338 g/mol. The van der Waals surface area contributed by atoms with Crippen LogP contribution >= 0.6 is 0 Å². The summed E-state index contributed by atoms with van der Waals surface area (Å²) >= 11 is 0. The van der Waals surface area contributed by atoms with Gasteiger partial charge >= 0.3 is 0 Å². The van der Waals surface area contributed by atoms with E-state index in [0.717, 1.165) is 22.5 Å². The Bertz CT molecular complexity index is 800. The highest BCUT2D eigenvalue weighted by atomic mass is 16.2. The molecule has 0 fully saturated rings. The topological polar surface area (TPSA) is 83.5 Å². The Hall–Kier alpha value is -3.02. The Morgan fingerprint density at radius 3 is 2.56 bits per heavy atom. The fourth-order valence-electron chi connectivity index (χ4n) is 2.26. The Balaban J connectivity index is 1.76. The third-order valence-electron chi connectivity index (χ3n) is 3.53. The number of rotatable bonds is 6. The minimum absolute atomic E-state index is 0.0648. The Morgan fingerprint density at radius 2 is 1.84 bits per heavy atom. The Morgan fingerprint density at radius 1 is 1.08 bits per heavy atom. The number of aryl methyl sites for hydroxylation is 3. The quantitative estimate of drug-likeness (QED) is 0.627. The zero-order chi connectivity index (χ0) is 18.2. The van der Waals surface area contributed by atoms with Gasteiger partial charge in [0.05, 0.1) is 11.9 Å². The summed E-state index contributed by atoms with van der Waals surface area (Å²) in [5.74, 6) is -0.522. The maximum Gasteiger partial charge on any atom is 0.240 e. The van der Waals surface area contributed by atoms with E-state index in [0.29, 0.717) is 5.69 Å². The van der Waals surface area contributed by atoms with Gasteiger partial charge in [-0.3, -0.25) is 14.6 Å². The first-order chi connectivity index (χ1) is 11.9. The number of hydrogen-bond donors (Lipinski definition) is 2. The molecule has 2 rings (SSSR count). The zero-order valence-electron chi connectivity index (χ0n) is 14.7. The van der Waals surface area contributed by atoms with Gasteiger partial charge in [0.15, 0.2) is 0 Å². The molecule has 2 aromatic rings. The van der Waals surface area contributed by atoms with E-state index < -0.39 is 0 Å². The fraction of sp³-hybridized carbons (Fsp3) is 0.263. The van der Waals surface area contributed by atoms with Crippen molar-refractivity contribution in [3.05, 3.63) is 58.9 Å². The highest BCUT2D eigenvalue weighted by Gasteiger charge is 2.08. The maximum atomic E-state index is 11.9. The van der Waals surface area contributed by atoms with Crippen LogP contribution in [0.15, 0.2) is 41.5 Å². The molecule has 0 radical (unpaired) electrons. The molecule has 0 bridgehead atoms. The molecule has 1 aromatic heterocycles. The molecule has 0 aliphatic carbocycles. The van der Waals surface area contributed by atoms with Crippen LogP contribution in [0.5, 0.6) is 0 Å². The van der Waals surface area contributed by atoms with Gasteiger partial charge in [0, 0.05) is 24.2 Å². The van der Waals surface area contributed by atoms with Gasteiger partial charge in [-0.05, 0) is 44.5 Å². The van der Waals surface area contributed by atoms with Crippen molar-refractivity contribution in [1.29, 1.82) is 0 Å². The van der Waals surface area contributed by atoms with Crippen LogP contribution in [0, 0.1) is 20.8 Å². The number of pyridine rings is 1. The van der Waals surface area contributed by atoms with E-state index in [4.69, 9.17) is 0 Å². The Labute approximate surface area is 147 Å². The summed E-state index contributed by atoms with van der Waals surface area (Å²) in [4.78, 5) is 27.9. The molecule has 0 atom stereocenters. The van der Waals surface area contributed by atoms with Crippen molar-refractivity contribution in [3.8, 4) is 0 Å². The average Bonchev–Trinajstić information content (AvgIpc) is 2.56. The van der Waals surface area contributed by atoms with Gasteiger partial charge in [-0.1, -0.05) is 23.8 Å². The van der Waals surface area contributed by atoms with Crippen LogP contribution in [0.2, 0.25) is 0 Å². The van der Waals surface area contributed by atoms with Crippen LogP contribution in [0.4, 0.5) is 5.69 Å². The first-order valence-corrected chi connectivity index (χ1v) is 8.07. The first kappa shape index (κ1) is 18.3. The van der Waals surface area contributed by atoms with Crippen molar-refractivity contribution in [2.24, 2.45) is 5.10 Å². The summed E-state index contributed by atoms with van der Waals surface area (Å²) in [5.41, 5.74) is 6.82. The normalized spacial score (nSPS) is 10.7. The molecular formula is C19H22N4O2. The van der Waals surface area contributed by atoms with Crippen LogP contribution in [0.1, 0.15) is 35.4 Å². The number of nitrogens with one attached hydrogen (secondary N) is 2. The van der Waals surface area contributed by atoms with Gasteiger partial charge < -0.3 is 5.32 Å².